The van der Waals surface area contributed by atoms with Crippen LogP contribution in [0.4, 0.5) is 11.4 Å². The minimum Gasteiger partial charge on any atom is -0.465 e. The second-order valence-electron chi connectivity index (χ2n) is 3.20. The number of hydrogen-bond donors (Lipinski definition) is 2. The molecule has 3 N–H and O–H groups in total. The molecular weight excluding hydrogens is 208 g/mol. The fraction of sp³-hybridized carbons (Fsp3) is 0.273. The van der Waals surface area contributed by atoms with E-state index in [1.54, 1.807) is 19.1 Å². The van der Waals surface area contributed by atoms with Crippen LogP contribution in [0.3, 0.4) is 0 Å². The van der Waals surface area contributed by atoms with E-state index in [4.69, 9.17) is 5.73 Å². The summed E-state index contributed by atoms with van der Waals surface area (Å²) in [6.07, 6.45) is 0.338. The highest BCUT2D eigenvalue weighted by Crippen LogP contribution is 2.20. The van der Waals surface area contributed by atoms with Crippen LogP contribution in [0.25, 0.3) is 0 Å². The number of nitrogens with one attached hydrogen (secondary N) is 1. The van der Waals surface area contributed by atoms with Crippen LogP contribution in [-0.4, -0.2) is 19.0 Å². The molecule has 1 aromatic carbocycles. The lowest BCUT2D eigenvalue weighted by molar-refractivity contribution is -0.115. The summed E-state index contributed by atoms with van der Waals surface area (Å²) in [4.78, 5) is 22.7. The van der Waals surface area contributed by atoms with Crippen LogP contribution in [0, 0.1) is 0 Å². The van der Waals surface area contributed by atoms with Crippen LogP contribution >= 0.6 is 0 Å². The van der Waals surface area contributed by atoms with Crippen molar-refractivity contribution in [1.29, 1.82) is 0 Å². The Bertz CT molecular complexity index is 416. The van der Waals surface area contributed by atoms with E-state index in [1.165, 1.54) is 13.2 Å². The summed E-state index contributed by atoms with van der Waals surface area (Å²) < 4.78 is 4.60. The van der Waals surface area contributed by atoms with Gasteiger partial charge < -0.3 is 15.8 Å². The van der Waals surface area contributed by atoms with Gasteiger partial charge in [0.15, 0.2) is 0 Å². The Hall–Kier alpha value is -2.04. The van der Waals surface area contributed by atoms with E-state index in [9.17, 15) is 9.59 Å². The van der Waals surface area contributed by atoms with Gasteiger partial charge in [0.25, 0.3) is 0 Å². The number of ether oxygens (including phenoxy) is 1. The first-order valence-corrected chi connectivity index (χ1v) is 4.86. The maximum absolute atomic E-state index is 11.4. The van der Waals surface area contributed by atoms with Crippen LogP contribution in [0.15, 0.2) is 18.2 Å². The van der Waals surface area contributed by atoms with Crippen LogP contribution in [0.2, 0.25) is 0 Å². The third kappa shape index (κ3) is 2.73. The Kier molecular flexibility index (Phi) is 3.88. The topological polar surface area (TPSA) is 81.4 Å². The number of hydrogen-bond acceptors (Lipinski definition) is 4. The number of amides is 1. The first kappa shape index (κ1) is 12.0. The van der Waals surface area contributed by atoms with E-state index in [0.29, 0.717) is 17.8 Å². The third-order valence-electron chi connectivity index (χ3n) is 2.04. The number of methoxy groups -OCH3 is 1. The Morgan fingerprint density at radius 3 is 2.69 bits per heavy atom. The third-order valence-corrected chi connectivity index (χ3v) is 2.04. The zero-order chi connectivity index (χ0) is 12.1. The van der Waals surface area contributed by atoms with Crippen molar-refractivity contribution in [2.45, 2.75) is 13.3 Å². The molecule has 0 aromatic heterocycles. The zero-order valence-electron chi connectivity index (χ0n) is 9.24. The van der Waals surface area contributed by atoms with Crippen molar-refractivity contribution in [1.82, 2.24) is 0 Å². The Labute approximate surface area is 93.6 Å². The molecule has 86 valence electrons. The largest absolute Gasteiger partial charge is 0.465 e. The molecule has 0 radical (unpaired) electrons. The quantitative estimate of drug-likeness (QED) is 0.598. The zero-order valence-corrected chi connectivity index (χ0v) is 9.24. The predicted octanol–water partition coefficient (Wildman–Crippen LogP) is 1.40. The number of anilines is 2. The van der Waals surface area contributed by atoms with Gasteiger partial charge in [0.05, 0.1) is 18.4 Å². The molecule has 0 aliphatic carbocycles. The monoisotopic (exact) mass is 222 g/mol. The summed E-state index contributed by atoms with van der Waals surface area (Å²) in [5.74, 6) is -0.700. The number of esters is 1. The summed E-state index contributed by atoms with van der Waals surface area (Å²) >= 11 is 0. The van der Waals surface area contributed by atoms with Crippen LogP contribution < -0.4 is 11.1 Å². The second-order valence-corrected chi connectivity index (χ2v) is 3.20. The van der Waals surface area contributed by atoms with Gasteiger partial charge in [-0.2, -0.15) is 0 Å². The molecule has 0 saturated heterocycles. The molecule has 0 aliphatic rings. The number of nitrogen functional groups attached to an aromatic ring is 1. The second kappa shape index (κ2) is 5.16. The van der Waals surface area contributed by atoms with Crippen molar-refractivity contribution in [3.8, 4) is 0 Å². The van der Waals surface area contributed by atoms with Crippen LogP contribution in [0.5, 0.6) is 0 Å². The normalized spacial score (nSPS) is 9.62. The van der Waals surface area contributed by atoms with Gasteiger partial charge in [-0.25, -0.2) is 4.79 Å². The lowest BCUT2D eigenvalue weighted by atomic mass is 10.1. The summed E-state index contributed by atoms with van der Waals surface area (Å²) in [5, 5.41) is 2.61. The molecule has 0 fully saturated rings. The van der Waals surface area contributed by atoms with E-state index >= 15 is 0 Å². The van der Waals surface area contributed by atoms with Crippen molar-refractivity contribution in [2.75, 3.05) is 18.2 Å². The van der Waals surface area contributed by atoms with Crippen molar-refractivity contribution in [3.05, 3.63) is 23.8 Å². The molecule has 5 heteroatoms. The fourth-order valence-corrected chi connectivity index (χ4v) is 1.19. The highest BCUT2D eigenvalue weighted by Gasteiger charge is 2.13. The molecule has 0 bridgehead atoms. The SMILES string of the molecule is CCC(=O)Nc1ccc(N)cc1C(=O)OC. The first-order chi connectivity index (χ1) is 7.58. The molecule has 0 saturated carbocycles. The number of carbonyl (C=O) groups is 2. The summed E-state index contributed by atoms with van der Waals surface area (Å²) in [7, 11) is 1.27. The molecule has 0 heterocycles. The molecule has 1 rings (SSSR count). The molecule has 1 amide bonds. The van der Waals surface area contributed by atoms with Gasteiger partial charge in [0.1, 0.15) is 0 Å². The van der Waals surface area contributed by atoms with Gasteiger partial charge in [0, 0.05) is 12.1 Å². The average molecular weight is 222 g/mol. The number of benzene rings is 1. The van der Waals surface area contributed by atoms with Gasteiger partial charge in [-0.15, -0.1) is 0 Å². The smallest absolute Gasteiger partial charge is 0.340 e. The fourth-order valence-electron chi connectivity index (χ4n) is 1.19. The van der Waals surface area contributed by atoms with Gasteiger partial charge >= 0.3 is 5.97 Å². The van der Waals surface area contributed by atoms with E-state index in [0.717, 1.165) is 0 Å². The average Bonchev–Trinajstić information content (AvgIpc) is 2.30. The van der Waals surface area contributed by atoms with Crippen molar-refractivity contribution in [3.63, 3.8) is 0 Å². The molecule has 0 spiro atoms. The number of rotatable bonds is 3. The molecule has 0 unspecified atom stereocenters. The summed E-state index contributed by atoms with van der Waals surface area (Å²) in [6, 6.07) is 4.66. The van der Waals surface area contributed by atoms with Crippen molar-refractivity contribution >= 4 is 23.3 Å². The van der Waals surface area contributed by atoms with E-state index in [2.05, 4.69) is 10.1 Å². The lowest BCUT2D eigenvalue weighted by Gasteiger charge is -2.09. The van der Waals surface area contributed by atoms with E-state index in [-0.39, 0.29) is 11.5 Å². The highest BCUT2D eigenvalue weighted by atomic mass is 16.5. The van der Waals surface area contributed by atoms with Crippen molar-refractivity contribution in [2.24, 2.45) is 0 Å². The van der Waals surface area contributed by atoms with Crippen LogP contribution in [0.1, 0.15) is 23.7 Å². The highest BCUT2D eigenvalue weighted by molar-refractivity contribution is 6.01. The first-order valence-electron chi connectivity index (χ1n) is 4.86. The molecule has 0 aliphatic heterocycles. The minimum atomic E-state index is -0.529. The van der Waals surface area contributed by atoms with Crippen LogP contribution in [-0.2, 0) is 9.53 Å². The minimum absolute atomic E-state index is 0.171. The molecule has 5 nitrogen and oxygen atoms in total. The molecular formula is C11H14N2O3. The van der Waals surface area contributed by atoms with Crippen molar-refractivity contribution < 1.29 is 14.3 Å². The van der Waals surface area contributed by atoms with Gasteiger partial charge in [0.2, 0.25) is 5.91 Å². The van der Waals surface area contributed by atoms with E-state index in [1.807, 2.05) is 0 Å². The Morgan fingerprint density at radius 2 is 2.12 bits per heavy atom. The van der Waals surface area contributed by atoms with Gasteiger partial charge in [-0.1, -0.05) is 6.92 Å². The standard InChI is InChI=1S/C11H14N2O3/c1-3-10(14)13-9-5-4-7(12)6-8(9)11(15)16-2/h4-6H,3,12H2,1-2H3,(H,13,14). The lowest BCUT2D eigenvalue weighted by Crippen LogP contribution is -2.14. The number of nitrogens with two attached hydrogens (primary N) is 1. The van der Waals surface area contributed by atoms with Gasteiger partial charge in [-0.3, -0.25) is 4.79 Å². The molecule has 0 atom stereocenters. The molecule has 1 aromatic rings. The van der Waals surface area contributed by atoms with Gasteiger partial charge in [-0.05, 0) is 18.2 Å². The summed E-state index contributed by atoms with van der Waals surface area (Å²) in [6.45, 7) is 1.73. The Balaban J connectivity index is 3.07. The predicted molar refractivity (Wildman–Crippen MR) is 61.1 cm³/mol. The van der Waals surface area contributed by atoms with E-state index < -0.39 is 5.97 Å². The maximum atomic E-state index is 11.4. The Morgan fingerprint density at radius 1 is 1.44 bits per heavy atom. The molecule has 16 heavy (non-hydrogen) atoms. The number of carbonyl (C=O) groups excluding carboxylic acids is 2. The maximum Gasteiger partial charge on any atom is 0.340 e. The summed E-state index contributed by atoms with van der Waals surface area (Å²) in [5.41, 5.74) is 6.67.